The van der Waals surface area contributed by atoms with Gasteiger partial charge in [-0.15, -0.1) is 0 Å². The maximum atomic E-state index is 11.1. The lowest BCUT2D eigenvalue weighted by atomic mass is 10.0. The Morgan fingerprint density at radius 1 is 1.26 bits per heavy atom. The molecule has 0 heterocycles. The predicted octanol–water partition coefficient (Wildman–Crippen LogP) is 4.13. The minimum atomic E-state index is -0.945. The molecule has 3 nitrogen and oxygen atoms in total. The molecule has 0 bridgehead atoms. The SMILES string of the molecule is COc1ccc(-c2cccc(C(=O)O)c2Br)cc1C. The molecular formula is C15H13BrO3. The fourth-order valence-electron chi connectivity index (χ4n) is 1.97. The third-order valence-corrected chi connectivity index (χ3v) is 3.79. The molecule has 0 aromatic heterocycles. The number of rotatable bonds is 3. The van der Waals surface area contributed by atoms with Crippen LogP contribution in [0.3, 0.4) is 0 Å². The van der Waals surface area contributed by atoms with Crippen molar-refractivity contribution in [2.75, 3.05) is 7.11 Å². The lowest BCUT2D eigenvalue weighted by Crippen LogP contribution is -1.98. The van der Waals surface area contributed by atoms with Crippen LogP contribution in [0.5, 0.6) is 5.75 Å². The third kappa shape index (κ3) is 2.63. The number of hydrogen-bond donors (Lipinski definition) is 1. The summed E-state index contributed by atoms with van der Waals surface area (Å²) in [5.74, 6) is -0.131. The summed E-state index contributed by atoms with van der Waals surface area (Å²) >= 11 is 3.37. The van der Waals surface area contributed by atoms with E-state index in [9.17, 15) is 4.79 Å². The zero-order valence-corrected chi connectivity index (χ0v) is 12.2. The van der Waals surface area contributed by atoms with Crippen molar-refractivity contribution in [1.82, 2.24) is 0 Å². The van der Waals surface area contributed by atoms with Gasteiger partial charge in [0.15, 0.2) is 0 Å². The molecule has 0 radical (unpaired) electrons. The van der Waals surface area contributed by atoms with E-state index in [1.807, 2.05) is 31.2 Å². The van der Waals surface area contributed by atoms with Crippen molar-refractivity contribution < 1.29 is 14.6 Å². The summed E-state index contributed by atoms with van der Waals surface area (Å²) in [6, 6.07) is 11.0. The van der Waals surface area contributed by atoms with Crippen LogP contribution in [0, 0.1) is 6.92 Å². The number of methoxy groups -OCH3 is 1. The summed E-state index contributed by atoms with van der Waals surface area (Å²) in [7, 11) is 1.63. The molecule has 0 saturated heterocycles. The van der Waals surface area contributed by atoms with E-state index < -0.39 is 5.97 Å². The second-order valence-corrected chi connectivity index (χ2v) is 4.95. The molecule has 1 N–H and O–H groups in total. The molecule has 2 rings (SSSR count). The molecule has 0 aliphatic heterocycles. The number of carbonyl (C=O) groups is 1. The van der Waals surface area contributed by atoms with Crippen LogP contribution in [-0.2, 0) is 0 Å². The zero-order valence-electron chi connectivity index (χ0n) is 10.6. The lowest BCUT2D eigenvalue weighted by molar-refractivity contribution is 0.0696. The van der Waals surface area contributed by atoms with E-state index in [-0.39, 0.29) is 5.56 Å². The van der Waals surface area contributed by atoms with Gasteiger partial charge in [-0.2, -0.15) is 0 Å². The van der Waals surface area contributed by atoms with E-state index in [4.69, 9.17) is 9.84 Å². The Labute approximate surface area is 120 Å². The monoisotopic (exact) mass is 320 g/mol. The van der Waals surface area contributed by atoms with Gasteiger partial charge in [-0.1, -0.05) is 18.2 Å². The number of aromatic carboxylic acids is 1. The van der Waals surface area contributed by atoms with Gasteiger partial charge in [-0.25, -0.2) is 4.79 Å². The van der Waals surface area contributed by atoms with Crippen LogP contribution < -0.4 is 4.74 Å². The van der Waals surface area contributed by atoms with Crippen molar-refractivity contribution in [1.29, 1.82) is 0 Å². The molecule has 2 aromatic carbocycles. The molecule has 0 atom stereocenters. The molecule has 0 saturated carbocycles. The summed E-state index contributed by atoms with van der Waals surface area (Å²) in [5, 5.41) is 9.12. The highest BCUT2D eigenvalue weighted by atomic mass is 79.9. The minimum Gasteiger partial charge on any atom is -0.496 e. The number of carboxylic acids is 1. The Morgan fingerprint density at radius 3 is 2.58 bits per heavy atom. The van der Waals surface area contributed by atoms with Crippen molar-refractivity contribution in [2.45, 2.75) is 6.92 Å². The smallest absolute Gasteiger partial charge is 0.336 e. The third-order valence-electron chi connectivity index (χ3n) is 2.93. The average molecular weight is 321 g/mol. The zero-order chi connectivity index (χ0) is 14.0. The molecule has 0 fully saturated rings. The minimum absolute atomic E-state index is 0.256. The molecule has 0 aliphatic carbocycles. The average Bonchev–Trinajstić information content (AvgIpc) is 2.38. The molecule has 2 aromatic rings. The first kappa shape index (κ1) is 13.6. The van der Waals surface area contributed by atoms with Crippen LogP contribution in [0.1, 0.15) is 15.9 Å². The first-order chi connectivity index (χ1) is 9.04. The summed E-state index contributed by atoms with van der Waals surface area (Å²) in [6.45, 7) is 1.96. The second-order valence-electron chi connectivity index (χ2n) is 4.16. The van der Waals surface area contributed by atoms with Crippen LogP contribution >= 0.6 is 15.9 Å². The molecule has 0 amide bonds. The molecule has 98 valence electrons. The number of carboxylic acid groups (broad SMARTS) is 1. The number of hydrogen-bond acceptors (Lipinski definition) is 2. The molecule has 0 unspecified atom stereocenters. The molecule has 19 heavy (non-hydrogen) atoms. The number of aryl methyl sites for hydroxylation is 1. The topological polar surface area (TPSA) is 46.5 Å². The van der Waals surface area contributed by atoms with Gasteiger partial charge in [0.25, 0.3) is 0 Å². The summed E-state index contributed by atoms with van der Waals surface area (Å²) in [5.41, 5.74) is 3.07. The van der Waals surface area contributed by atoms with E-state index in [2.05, 4.69) is 15.9 Å². The van der Waals surface area contributed by atoms with Gasteiger partial charge in [0.2, 0.25) is 0 Å². The highest BCUT2D eigenvalue weighted by Gasteiger charge is 2.13. The first-order valence-corrected chi connectivity index (χ1v) is 6.50. The van der Waals surface area contributed by atoms with Crippen molar-refractivity contribution in [3.8, 4) is 16.9 Å². The van der Waals surface area contributed by atoms with E-state index >= 15 is 0 Å². The fraction of sp³-hybridized carbons (Fsp3) is 0.133. The highest BCUT2D eigenvalue weighted by molar-refractivity contribution is 9.10. The number of halogens is 1. The Balaban J connectivity index is 2.56. The molecule has 4 heteroatoms. The van der Waals surface area contributed by atoms with Crippen LogP contribution in [0.15, 0.2) is 40.9 Å². The van der Waals surface area contributed by atoms with Crippen LogP contribution in [0.4, 0.5) is 0 Å². The van der Waals surface area contributed by atoms with Gasteiger partial charge in [0.05, 0.1) is 12.7 Å². The van der Waals surface area contributed by atoms with Crippen LogP contribution in [0.2, 0.25) is 0 Å². The van der Waals surface area contributed by atoms with Crippen molar-refractivity contribution in [3.05, 3.63) is 52.0 Å². The molecular weight excluding hydrogens is 308 g/mol. The Morgan fingerprint density at radius 2 is 2.00 bits per heavy atom. The standard InChI is InChI=1S/C15H13BrO3/c1-9-8-10(6-7-13(9)19-2)11-4-3-5-12(14(11)16)15(17)18/h3-8H,1-2H3,(H,17,18). The van der Waals surface area contributed by atoms with E-state index in [1.165, 1.54) is 0 Å². The first-order valence-electron chi connectivity index (χ1n) is 5.71. The molecule has 0 aliphatic rings. The van der Waals surface area contributed by atoms with Crippen LogP contribution in [0.25, 0.3) is 11.1 Å². The maximum absolute atomic E-state index is 11.1. The maximum Gasteiger partial charge on any atom is 0.336 e. The lowest BCUT2D eigenvalue weighted by Gasteiger charge is -2.10. The van der Waals surface area contributed by atoms with E-state index in [1.54, 1.807) is 19.2 Å². The quantitative estimate of drug-likeness (QED) is 0.924. The van der Waals surface area contributed by atoms with Crippen molar-refractivity contribution >= 4 is 21.9 Å². The summed E-state index contributed by atoms with van der Waals surface area (Å²) < 4.78 is 5.81. The molecule has 0 spiro atoms. The second kappa shape index (κ2) is 5.45. The van der Waals surface area contributed by atoms with Gasteiger partial charge in [0, 0.05) is 4.47 Å². The van der Waals surface area contributed by atoms with E-state index in [0.29, 0.717) is 4.47 Å². The predicted molar refractivity (Wildman–Crippen MR) is 77.8 cm³/mol. The van der Waals surface area contributed by atoms with Crippen molar-refractivity contribution in [2.24, 2.45) is 0 Å². The Hall–Kier alpha value is -1.81. The van der Waals surface area contributed by atoms with Crippen LogP contribution in [-0.4, -0.2) is 18.2 Å². The highest BCUT2D eigenvalue weighted by Crippen LogP contribution is 2.33. The van der Waals surface area contributed by atoms with Gasteiger partial charge >= 0.3 is 5.97 Å². The van der Waals surface area contributed by atoms with Gasteiger partial charge < -0.3 is 9.84 Å². The Bertz CT molecular complexity index is 635. The van der Waals surface area contributed by atoms with Gasteiger partial charge in [-0.3, -0.25) is 0 Å². The largest absolute Gasteiger partial charge is 0.496 e. The number of ether oxygens (including phenoxy) is 1. The normalized spacial score (nSPS) is 10.3. The van der Waals surface area contributed by atoms with E-state index in [0.717, 1.165) is 22.4 Å². The number of benzene rings is 2. The Kier molecular flexibility index (Phi) is 3.90. The van der Waals surface area contributed by atoms with Gasteiger partial charge in [0.1, 0.15) is 5.75 Å². The van der Waals surface area contributed by atoms with Gasteiger partial charge in [-0.05, 0) is 57.7 Å². The fourth-order valence-corrected chi connectivity index (χ4v) is 2.63. The summed E-state index contributed by atoms with van der Waals surface area (Å²) in [4.78, 5) is 11.1. The van der Waals surface area contributed by atoms with Crippen molar-refractivity contribution in [3.63, 3.8) is 0 Å². The summed E-state index contributed by atoms with van der Waals surface area (Å²) in [6.07, 6.45) is 0.